The summed E-state index contributed by atoms with van der Waals surface area (Å²) in [4.78, 5) is 13.3. The van der Waals surface area contributed by atoms with Crippen molar-refractivity contribution in [3.05, 3.63) is 93.6 Å². The first-order valence-electron chi connectivity index (χ1n) is 11.0. The Morgan fingerprint density at radius 2 is 1.68 bits per heavy atom. The van der Waals surface area contributed by atoms with Gasteiger partial charge >= 0.3 is 6.01 Å². The highest BCUT2D eigenvalue weighted by molar-refractivity contribution is 5.85. The van der Waals surface area contributed by atoms with Gasteiger partial charge in [0.25, 0.3) is 5.89 Å². The average molecular weight is 453 g/mol. The SMILES string of the molecule is Cc1cc([C@@H](C)Nc2ccccc2-c2nnc(N)o2)c2oc(-c3ccccc3)c(C)c(=O)c2c1. The van der Waals surface area contributed by atoms with Crippen LogP contribution in [0.4, 0.5) is 11.7 Å². The first-order valence-corrected chi connectivity index (χ1v) is 11.0. The van der Waals surface area contributed by atoms with E-state index in [4.69, 9.17) is 14.6 Å². The molecule has 7 heteroatoms. The van der Waals surface area contributed by atoms with E-state index in [9.17, 15) is 4.79 Å². The highest BCUT2D eigenvalue weighted by Gasteiger charge is 2.20. The zero-order valence-electron chi connectivity index (χ0n) is 19.1. The van der Waals surface area contributed by atoms with Crippen molar-refractivity contribution < 1.29 is 8.83 Å². The maximum absolute atomic E-state index is 13.3. The molecule has 7 nitrogen and oxygen atoms in total. The molecule has 0 saturated heterocycles. The van der Waals surface area contributed by atoms with Crippen molar-refractivity contribution in [1.29, 1.82) is 0 Å². The number of nitrogens with two attached hydrogens (primary N) is 1. The number of rotatable bonds is 5. The minimum atomic E-state index is -0.196. The molecule has 0 aliphatic heterocycles. The van der Waals surface area contributed by atoms with E-state index in [2.05, 4.69) is 15.5 Å². The summed E-state index contributed by atoms with van der Waals surface area (Å²) in [5.74, 6) is 0.910. The number of hydrogen-bond acceptors (Lipinski definition) is 7. The molecule has 5 aromatic rings. The highest BCUT2D eigenvalue weighted by atomic mass is 16.4. The monoisotopic (exact) mass is 452 g/mol. The number of aryl methyl sites for hydroxylation is 1. The number of nitrogen functional groups attached to an aromatic ring is 1. The van der Waals surface area contributed by atoms with Crippen molar-refractivity contribution in [1.82, 2.24) is 10.2 Å². The van der Waals surface area contributed by atoms with Crippen molar-refractivity contribution in [2.45, 2.75) is 26.8 Å². The minimum absolute atomic E-state index is 0.00751. The predicted octanol–water partition coefficient (Wildman–Crippen LogP) is 5.88. The smallest absolute Gasteiger partial charge is 0.313 e. The Morgan fingerprint density at radius 3 is 2.41 bits per heavy atom. The van der Waals surface area contributed by atoms with Crippen LogP contribution in [0.15, 0.2) is 80.4 Å². The predicted molar refractivity (Wildman–Crippen MR) is 134 cm³/mol. The summed E-state index contributed by atoms with van der Waals surface area (Å²) in [5, 5.41) is 11.9. The van der Waals surface area contributed by atoms with Crippen LogP contribution >= 0.6 is 0 Å². The lowest BCUT2D eigenvalue weighted by Gasteiger charge is -2.20. The second-order valence-electron chi connectivity index (χ2n) is 8.34. The molecule has 0 bridgehead atoms. The molecule has 3 aromatic carbocycles. The molecule has 0 aliphatic carbocycles. The molecule has 1 atom stereocenters. The second kappa shape index (κ2) is 8.51. The number of nitrogens with zero attached hydrogens (tertiary/aromatic N) is 2. The molecule has 34 heavy (non-hydrogen) atoms. The Labute approximate surface area is 196 Å². The molecule has 0 aliphatic rings. The summed E-state index contributed by atoms with van der Waals surface area (Å²) in [5.41, 5.74) is 11.0. The van der Waals surface area contributed by atoms with Crippen LogP contribution in [0.3, 0.4) is 0 Å². The molecule has 0 unspecified atom stereocenters. The molecule has 0 fully saturated rings. The lowest BCUT2D eigenvalue weighted by Crippen LogP contribution is -2.12. The molecule has 3 N–H and O–H groups in total. The third-order valence-corrected chi connectivity index (χ3v) is 5.86. The van der Waals surface area contributed by atoms with Crippen LogP contribution in [0, 0.1) is 13.8 Å². The van der Waals surface area contributed by atoms with Crippen LogP contribution in [0.2, 0.25) is 0 Å². The largest absolute Gasteiger partial charge is 0.455 e. The molecular weight excluding hydrogens is 428 g/mol. The number of aromatic nitrogens is 2. The summed E-state index contributed by atoms with van der Waals surface area (Å²) in [6.45, 7) is 5.81. The van der Waals surface area contributed by atoms with Gasteiger partial charge in [-0.05, 0) is 44.5 Å². The number of para-hydroxylation sites is 1. The van der Waals surface area contributed by atoms with E-state index in [1.807, 2.05) is 87.5 Å². The molecule has 0 radical (unpaired) electrons. The van der Waals surface area contributed by atoms with Gasteiger partial charge < -0.3 is 19.9 Å². The van der Waals surface area contributed by atoms with Gasteiger partial charge in [-0.3, -0.25) is 4.79 Å². The van der Waals surface area contributed by atoms with E-state index in [0.717, 1.165) is 27.9 Å². The number of hydrogen-bond donors (Lipinski definition) is 2. The quantitative estimate of drug-likeness (QED) is 0.343. The molecule has 0 saturated carbocycles. The molecule has 170 valence electrons. The second-order valence-corrected chi connectivity index (χ2v) is 8.34. The Hall–Kier alpha value is -4.39. The summed E-state index contributed by atoms with van der Waals surface area (Å²) in [6, 6.07) is 21.0. The third kappa shape index (κ3) is 3.81. The summed E-state index contributed by atoms with van der Waals surface area (Å²) >= 11 is 0. The van der Waals surface area contributed by atoms with Crippen molar-refractivity contribution in [2.24, 2.45) is 0 Å². The van der Waals surface area contributed by atoms with Crippen molar-refractivity contribution in [3.8, 4) is 22.8 Å². The van der Waals surface area contributed by atoms with Crippen LogP contribution in [-0.2, 0) is 0 Å². The summed E-state index contributed by atoms with van der Waals surface area (Å²) in [6.07, 6.45) is 0. The van der Waals surface area contributed by atoms with Gasteiger partial charge in [0.15, 0.2) is 5.43 Å². The van der Waals surface area contributed by atoms with E-state index in [1.54, 1.807) is 0 Å². The normalized spacial score (nSPS) is 12.1. The molecule has 5 rings (SSSR count). The number of anilines is 2. The molecule has 0 spiro atoms. The molecule has 0 amide bonds. The van der Waals surface area contributed by atoms with Crippen LogP contribution in [0.25, 0.3) is 33.7 Å². The first-order chi connectivity index (χ1) is 16.4. The van der Waals surface area contributed by atoms with Gasteiger partial charge in [0, 0.05) is 22.4 Å². The van der Waals surface area contributed by atoms with Crippen molar-refractivity contribution in [3.63, 3.8) is 0 Å². The van der Waals surface area contributed by atoms with Crippen LogP contribution in [0.1, 0.15) is 29.7 Å². The molecule has 2 heterocycles. The Bertz CT molecular complexity index is 1550. The van der Waals surface area contributed by atoms with E-state index < -0.39 is 0 Å². The standard InChI is InChI=1S/C27H24N4O3/c1-15-13-20(17(3)29-22-12-8-7-11-19(22)26-30-31-27(28)34-26)25-21(14-15)23(32)16(2)24(33-25)18-9-5-4-6-10-18/h4-14,17,29H,1-3H3,(H2,28,31)/t17-/m1/s1. The maximum Gasteiger partial charge on any atom is 0.313 e. The zero-order valence-corrected chi connectivity index (χ0v) is 19.1. The minimum Gasteiger partial charge on any atom is -0.455 e. The van der Waals surface area contributed by atoms with Crippen molar-refractivity contribution in [2.75, 3.05) is 11.1 Å². The van der Waals surface area contributed by atoms with Crippen LogP contribution < -0.4 is 16.5 Å². The zero-order chi connectivity index (χ0) is 23.8. The Balaban J connectivity index is 1.63. The fourth-order valence-electron chi connectivity index (χ4n) is 4.20. The van der Waals surface area contributed by atoms with E-state index in [0.29, 0.717) is 28.2 Å². The number of nitrogens with one attached hydrogen (secondary N) is 1. The van der Waals surface area contributed by atoms with Gasteiger partial charge in [0.05, 0.1) is 17.0 Å². The summed E-state index contributed by atoms with van der Waals surface area (Å²) < 4.78 is 11.9. The number of fused-ring (bicyclic) bond motifs is 1. The van der Waals surface area contributed by atoms with Crippen LogP contribution in [0.5, 0.6) is 0 Å². The Morgan fingerprint density at radius 1 is 0.941 bits per heavy atom. The van der Waals surface area contributed by atoms with E-state index in [-0.39, 0.29) is 17.5 Å². The molecule has 2 aromatic heterocycles. The highest BCUT2D eigenvalue weighted by Crippen LogP contribution is 2.34. The van der Waals surface area contributed by atoms with Gasteiger partial charge in [0.2, 0.25) is 0 Å². The lowest BCUT2D eigenvalue weighted by atomic mass is 9.98. The van der Waals surface area contributed by atoms with Gasteiger partial charge in [0.1, 0.15) is 11.3 Å². The molecular formula is C27H24N4O3. The lowest BCUT2D eigenvalue weighted by molar-refractivity contribution is 0.590. The fraction of sp³-hybridized carbons (Fsp3) is 0.148. The van der Waals surface area contributed by atoms with E-state index >= 15 is 0 Å². The summed E-state index contributed by atoms with van der Waals surface area (Å²) in [7, 11) is 0. The van der Waals surface area contributed by atoms with Crippen LogP contribution in [-0.4, -0.2) is 10.2 Å². The maximum atomic E-state index is 13.3. The Kier molecular flexibility index (Phi) is 5.37. The number of benzene rings is 3. The fourth-order valence-corrected chi connectivity index (χ4v) is 4.20. The van der Waals surface area contributed by atoms with Gasteiger partial charge in [-0.25, -0.2) is 0 Å². The first kappa shape index (κ1) is 21.5. The van der Waals surface area contributed by atoms with Crippen molar-refractivity contribution >= 4 is 22.7 Å². The van der Waals surface area contributed by atoms with Gasteiger partial charge in [-0.2, -0.15) is 0 Å². The topological polar surface area (TPSA) is 107 Å². The third-order valence-electron chi connectivity index (χ3n) is 5.86. The average Bonchev–Trinajstić information content (AvgIpc) is 3.28. The van der Waals surface area contributed by atoms with E-state index in [1.165, 1.54) is 0 Å². The van der Waals surface area contributed by atoms with Gasteiger partial charge in [-0.1, -0.05) is 53.6 Å². The van der Waals surface area contributed by atoms with Gasteiger partial charge in [-0.15, -0.1) is 5.10 Å².